The number of carbonyl (C=O) groups excluding carboxylic acids is 2. The van der Waals surface area contributed by atoms with Gasteiger partial charge in [0.1, 0.15) is 5.75 Å². The van der Waals surface area contributed by atoms with Crippen molar-refractivity contribution in [1.29, 1.82) is 0 Å². The van der Waals surface area contributed by atoms with Gasteiger partial charge in [0.15, 0.2) is 0 Å². The summed E-state index contributed by atoms with van der Waals surface area (Å²) in [5.41, 5.74) is 2.78. The fourth-order valence-corrected chi connectivity index (χ4v) is 4.21. The molecule has 7 heteroatoms. The van der Waals surface area contributed by atoms with Gasteiger partial charge in [0.25, 0.3) is 5.91 Å². The highest BCUT2D eigenvalue weighted by molar-refractivity contribution is 6.10. The van der Waals surface area contributed by atoms with Crippen molar-refractivity contribution < 1.29 is 14.3 Å². The molecule has 1 aliphatic heterocycles. The van der Waals surface area contributed by atoms with Gasteiger partial charge in [-0.25, -0.2) is 0 Å². The molecule has 7 nitrogen and oxygen atoms in total. The zero-order valence-electron chi connectivity index (χ0n) is 21.2. The van der Waals surface area contributed by atoms with Crippen molar-refractivity contribution in [2.24, 2.45) is 0 Å². The van der Waals surface area contributed by atoms with E-state index in [1.165, 1.54) is 5.56 Å². The number of ether oxygens (including phenoxy) is 1. The number of nitrogens with one attached hydrogen (secondary N) is 2. The molecular weight excluding hydrogens is 464 g/mol. The second-order valence-corrected chi connectivity index (χ2v) is 8.90. The van der Waals surface area contributed by atoms with E-state index in [-0.39, 0.29) is 11.8 Å². The molecule has 4 rings (SSSR count). The number of amides is 2. The van der Waals surface area contributed by atoms with E-state index < -0.39 is 0 Å². The molecule has 0 spiro atoms. The fourth-order valence-electron chi connectivity index (χ4n) is 4.21. The summed E-state index contributed by atoms with van der Waals surface area (Å²) in [4.78, 5) is 30.2. The third-order valence-corrected chi connectivity index (χ3v) is 6.17. The number of piperazine rings is 1. The molecule has 37 heavy (non-hydrogen) atoms. The molecule has 3 aromatic rings. The average Bonchev–Trinajstić information content (AvgIpc) is 2.92. The summed E-state index contributed by atoms with van der Waals surface area (Å²) in [6, 6.07) is 24.5. The zero-order valence-corrected chi connectivity index (χ0v) is 21.2. The molecule has 3 aromatic carbocycles. The van der Waals surface area contributed by atoms with Crippen LogP contribution in [-0.2, 0) is 4.79 Å². The lowest BCUT2D eigenvalue weighted by molar-refractivity contribution is -0.117. The van der Waals surface area contributed by atoms with Crippen molar-refractivity contribution in [3.05, 3.63) is 96.1 Å². The Kier molecular flexibility index (Phi) is 9.46. The van der Waals surface area contributed by atoms with Crippen LogP contribution in [-0.4, -0.2) is 67.5 Å². The smallest absolute Gasteiger partial charge is 0.257 e. The minimum Gasteiger partial charge on any atom is -0.494 e. The number of anilines is 2. The predicted octanol–water partition coefficient (Wildman–Crippen LogP) is 4.61. The number of para-hydroxylation sites is 1. The highest BCUT2D eigenvalue weighted by Gasteiger charge is 2.19. The molecule has 1 fully saturated rings. The van der Waals surface area contributed by atoms with Crippen molar-refractivity contribution in [3.63, 3.8) is 0 Å². The Morgan fingerprint density at radius 1 is 0.838 bits per heavy atom. The van der Waals surface area contributed by atoms with E-state index in [4.69, 9.17) is 4.74 Å². The number of hydrogen-bond donors (Lipinski definition) is 2. The standard InChI is InChI=1S/C30H34N4O3/c1-2-37-26-16-14-25(15-17-26)31-30(36)27-12-6-7-13-28(27)32-29(35)23-34-21-19-33(20-22-34)18-8-11-24-9-4-3-5-10-24/h3-17H,2,18-23H2,1H3,(H,31,36)(H,32,35). The maximum absolute atomic E-state index is 12.9. The van der Waals surface area contributed by atoms with Gasteiger partial charge in [-0.3, -0.25) is 19.4 Å². The van der Waals surface area contributed by atoms with Gasteiger partial charge in [0.05, 0.1) is 24.4 Å². The Balaban J connectivity index is 1.25. The van der Waals surface area contributed by atoms with Crippen LogP contribution in [0.3, 0.4) is 0 Å². The first kappa shape index (κ1) is 26.1. The van der Waals surface area contributed by atoms with Gasteiger partial charge in [0.2, 0.25) is 5.91 Å². The van der Waals surface area contributed by atoms with Crippen LogP contribution in [0, 0.1) is 0 Å². The summed E-state index contributed by atoms with van der Waals surface area (Å²) >= 11 is 0. The van der Waals surface area contributed by atoms with E-state index >= 15 is 0 Å². The second kappa shape index (κ2) is 13.4. The van der Waals surface area contributed by atoms with Gasteiger partial charge >= 0.3 is 0 Å². The van der Waals surface area contributed by atoms with Gasteiger partial charge in [-0.05, 0) is 48.9 Å². The van der Waals surface area contributed by atoms with Crippen LogP contribution < -0.4 is 15.4 Å². The van der Waals surface area contributed by atoms with Crippen molar-refractivity contribution in [2.45, 2.75) is 6.92 Å². The number of benzene rings is 3. The quantitative estimate of drug-likeness (QED) is 0.427. The number of rotatable bonds is 10. The third-order valence-electron chi connectivity index (χ3n) is 6.17. The van der Waals surface area contributed by atoms with Crippen molar-refractivity contribution in [1.82, 2.24) is 9.80 Å². The Morgan fingerprint density at radius 3 is 2.24 bits per heavy atom. The van der Waals surface area contributed by atoms with Crippen molar-refractivity contribution >= 4 is 29.3 Å². The highest BCUT2D eigenvalue weighted by Crippen LogP contribution is 2.20. The summed E-state index contributed by atoms with van der Waals surface area (Å²) in [6.45, 7) is 7.17. The van der Waals surface area contributed by atoms with Crippen LogP contribution in [0.25, 0.3) is 6.08 Å². The molecule has 192 valence electrons. The zero-order chi connectivity index (χ0) is 25.9. The molecule has 0 radical (unpaired) electrons. The molecule has 1 saturated heterocycles. The average molecular weight is 499 g/mol. The fraction of sp³-hybridized carbons (Fsp3) is 0.267. The molecule has 2 amide bonds. The van der Waals surface area contributed by atoms with Crippen LogP contribution >= 0.6 is 0 Å². The summed E-state index contributed by atoms with van der Waals surface area (Å²) in [7, 11) is 0. The molecule has 2 N–H and O–H groups in total. The van der Waals surface area contributed by atoms with Gasteiger partial charge in [-0.15, -0.1) is 0 Å². The SMILES string of the molecule is CCOc1ccc(NC(=O)c2ccccc2NC(=O)CN2CCN(CC=Cc3ccccc3)CC2)cc1. The summed E-state index contributed by atoms with van der Waals surface area (Å²) < 4.78 is 5.45. The molecule has 0 unspecified atom stereocenters. The van der Waals surface area contributed by atoms with Gasteiger partial charge in [0, 0.05) is 38.4 Å². The van der Waals surface area contributed by atoms with Gasteiger partial charge in [-0.1, -0.05) is 54.6 Å². The molecule has 0 aromatic heterocycles. The normalized spacial score (nSPS) is 14.4. The Hall–Kier alpha value is -3.94. The summed E-state index contributed by atoms with van der Waals surface area (Å²) in [5.74, 6) is 0.341. The van der Waals surface area contributed by atoms with Crippen LogP contribution in [0.2, 0.25) is 0 Å². The Labute approximate surface area is 218 Å². The summed E-state index contributed by atoms with van der Waals surface area (Å²) in [6.07, 6.45) is 4.33. The molecule has 0 saturated carbocycles. The van der Waals surface area contributed by atoms with Gasteiger partial charge < -0.3 is 15.4 Å². The number of hydrogen-bond acceptors (Lipinski definition) is 5. The van der Waals surface area contributed by atoms with Crippen molar-refractivity contribution in [2.75, 3.05) is 56.5 Å². The number of nitrogens with zero attached hydrogens (tertiary/aromatic N) is 2. The summed E-state index contributed by atoms with van der Waals surface area (Å²) in [5, 5.41) is 5.82. The van der Waals surface area contributed by atoms with E-state index in [0.717, 1.165) is 38.5 Å². The van der Waals surface area contributed by atoms with E-state index in [0.29, 0.717) is 30.1 Å². The first-order chi connectivity index (χ1) is 18.1. The Bertz CT molecular complexity index is 1190. The monoisotopic (exact) mass is 498 g/mol. The highest BCUT2D eigenvalue weighted by atomic mass is 16.5. The van der Waals surface area contributed by atoms with Gasteiger partial charge in [-0.2, -0.15) is 0 Å². The maximum atomic E-state index is 12.9. The first-order valence-corrected chi connectivity index (χ1v) is 12.7. The minimum atomic E-state index is -0.280. The van der Waals surface area contributed by atoms with E-state index in [1.807, 2.05) is 43.3 Å². The van der Waals surface area contributed by atoms with Crippen LogP contribution in [0.5, 0.6) is 5.75 Å². The van der Waals surface area contributed by atoms with Crippen LogP contribution in [0.4, 0.5) is 11.4 Å². The van der Waals surface area contributed by atoms with E-state index in [9.17, 15) is 9.59 Å². The lowest BCUT2D eigenvalue weighted by Gasteiger charge is -2.33. The second-order valence-electron chi connectivity index (χ2n) is 8.90. The molecule has 1 heterocycles. The molecule has 0 aliphatic carbocycles. The van der Waals surface area contributed by atoms with Crippen molar-refractivity contribution in [3.8, 4) is 5.75 Å². The molecular formula is C30H34N4O3. The van der Waals surface area contributed by atoms with Crippen LogP contribution in [0.15, 0.2) is 84.9 Å². The molecule has 1 aliphatic rings. The minimum absolute atomic E-state index is 0.126. The van der Waals surface area contributed by atoms with Crippen LogP contribution in [0.1, 0.15) is 22.8 Å². The van der Waals surface area contributed by atoms with E-state index in [1.54, 1.807) is 30.3 Å². The largest absolute Gasteiger partial charge is 0.494 e. The maximum Gasteiger partial charge on any atom is 0.257 e. The predicted molar refractivity (Wildman–Crippen MR) is 149 cm³/mol. The lowest BCUT2D eigenvalue weighted by atomic mass is 10.1. The first-order valence-electron chi connectivity index (χ1n) is 12.7. The van der Waals surface area contributed by atoms with E-state index in [2.05, 4.69) is 44.7 Å². The Morgan fingerprint density at radius 2 is 1.51 bits per heavy atom. The molecule has 0 bridgehead atoms. The molecule has 0 atom stereocenters. The topological polar surface area (TPSA) is 73.9 Å². The number of carbonyl (C=O) groups is 2. The lowest BCUT2D eigenvalue weighted by Crippen LogP contribution is -2.48. The third kappa shape index (κ3) is 8.03.